The molecule has 5 heteroatoms. The minimum Gasteiger partial charge on any atom is -0.505 e. The number of fused-ring (bicyclic) bond motifs is 1. The Hall–Kier alpha value is -3.11. The second-order valence-electron chi connectivity index (χ2n) is 6.85. The Morgan fingerprint density at radius 2 is 1.75 bits per heavy atom. The molecule has 0 amide bonds. The van der Waals surface area contributed by atoms with Gasteiger partial charge in [-0.25, -0.2) is 4.98 Å². The molecular formula is C23H20ClN3O. The molecule has 1 atom stereocenters. The Morgan fingerprint density at radius 1 is 0.929 bits per heavy atom. The molecule has 0 saturated heterocycles. The van der Waals surface area contributed by atoms with Crippen LogP contribution >= 0.6 is 11.6 Å². The van der Waals surface area contributed by atoms with Crippen LogP contribution in [0.3, 0.4) is 0 Å². The lowest BCUT2D eigenvalue weighted by Crippen LogP contribution is -2.15. The monoisotopic (exact) mass is 389 g/mol. The first-order valence-electron chi connectivity index (χ1n) is 9.05. The molecule has 2 N–H and O–H groups in total. The second-order valence-corrected chi connectivity index (χ2v) is 7.26. The number of phenolic OH excluding ortho intramolecular Hbond substituents is 1. The number of aryl methyl sites for hydroxylation is 2. The maximum atomic E-state index is 11.1. The summed E-state index contributed by atoms with van der Waals surface area (Å²) in [7, 11) is 0. The highest BCUT2D eigenvalue weighted by atomic mass is 35.5. The first kappa shape index (κ1) is 18.3. The van der Waals surface area contributed by atoms with E-state index in [9.17, 15) is 5.11 Å². The molecule has 0 saturated carbocycles. The van der Waals surface area contributed by atoms with Gasteiger partial charge in [0.05, 0.1) is 11.1 Å². The van der Waals surface area contributed by atoms with Gasteiger partial charge < -0.3 is 10.4 Å². The number of nitrogens with zero attached hydrogens (tertiary/aromatic N) is 2. The van der Waals surface area contributed by atoms with Crippen molar-refractivity contribution in [3.8, 4) is 5.75 Å². The maximum Gasteiger partial charge on any atom is 0.147 e. The third-order valence-electron chi connectivity index (χ3n) is 4.86. The van der Waals surface area contributed by atoms with E-state index < -0.39 is 0 Å². The topological polar surface area (TPSA) is 58.0 Å². The van der Waals surface area contributed by atoms with Crippen LogP contribution in [0, 0.1) is 13.8 Å². The molecule has 4 rings (SSSR count). The SMILES string of the molecule is Cc1ccc(C)c([C@@H](Nc2ccccn2)c2cc(Cl)c3cccnc3c2O)c1. The van der Waals surface area contributed by atoms with Crippen molar-refractivity contribution in [3.05, 3.63) is 94.3 Å². The van der Waals surface area contributed by atoms with Gasteiger partial charge in [0.15, 0.2) is 0 Å². The van der Waals surface area contributed by atoms with E-state index in [1.54, 1.807) is 12.4 Å². The van der Waals surface area contributed by atoms with Crippen molar-refractivity contribution in [1.82, 2.24) is 9.97 Å². The van der Waals surface area contributed by atoms with Crippen molar-refractivity contribution in [1.29, 1.82) is 0 Å². The van der Waals surface area contributed by atoms with Crippen LogP contribution in [-0.2, 0) is 0 Å². The zero-order chi connectivity index (χ0) is 19.7. The van der Waals surface area contributed by atoms with Crippen LogP contribution in [0.2, 0.25) is 5.02 Å². The van der Waals surface area contributed by atoms with Gasteiger partial charge in [-0.2, -0.15) is 0 Å². The molecule has 140 valence electrons. The summed E-state index contributed by atoms with van der Waals surface area (Å²) in [6, 6.07) is 17.1. The average molecular weight is 390 g/mol. The molecule has 2 aromatic carbocycles. The highest BCUT2D eigenvalue weighted by Crippen LogP contribution is 2.40. The number of rotatable bonds is 4. The lowest BCUT2D eigenvalue weighted by Gasteiger charge is -2.24. The Labute approximate surface area is 168 Å². The highest BCUT2D eigenvalue weighted by molar-refractivity contribution is 6.35. The molecule has 4 nitrogen and oxygen atoms in total. The average Bonchev–Trinajstić information content (AvgIpc) is 2.72. The molecule has 0 aliphatic carbocycles. The predicted octanol–water partition coefficient (Wildman–Crippen LogP) is 5.81. The van der Waals surface area contributed by atoms with Gasteiger partial charge in [-0.1, -0.05) is 41.4 Å². The maximum absolute atomic E-state index is 11.1. The number of nitrogens with one attached hydrogen (secondary N) is 1. The van der Waals surface area contributed by atoms with Crippen molar-refractivity contribution in [2.24, 2.45) is 0 Å². The van der Waals surface area contributed by atoms with E-state index in [-0.39, 0.29) is 11.8 Å². The Morgan fingerprint density at radius 3 is 2.54 bits per heavy atom. The Kier molecular flexibility index (Phi) is 4.88. The lowest BCUT2D eigenvalue weighted by molar-refractivity contribution is 0.471. The molecule has 2 heterocycles. The first-order chi connectivity index (χ1) is 13.5. The van der Waals surface area contributed by atoms with Crippen LogP contribution < -0.4 is 5.32 Å². The van der Waals surface area contributed by atoms with Gasteiger partial charge in [-0.15, -0.1) is 0 Å². The van der Waals surface area contributed by atoms with E-state index in [0.29, 0.717) is 21.9 Å². The molecule has 0 aliphatic rings. The molecule has 0 radical (unpaired) electrons. The number of aromatic hydroxyl groups is 1. The molecule has 2 aromatic heterocycles. The summed E-state index contributed by atoms with van der Waals surface area (Å²) in [5, 5.41) is 15.8. The minimum atomic E-state index is -0.335. The highest BCUT2D eigenvalue weighted by Gasteiger charge is 2.23. The van der Waals surface area contributed by atoms with Gasteiger partial charge in [0.2, 0.25) is 0 Å². The van der Waals surface area contributed by atoms with E-state index >= 15 is 0 Å². The van der Waals surface area contributed by atoms with Crippen molar-refractivity contribution in [2.75, 3.05) is 5.32 Å². The quantitative estimate of drug-likeness (QED) is 0.462. The van der Waals surface area contributed by atoms with Gasteiger partial charge in [-0.05, 0) is 55.3 Å². The number of hydrogen-bond donors (Lipinski definition) is 2. The van der Waals surface area contributed by atoms with E-state index in [2.05, 4.69) is 47.3 Å². The van der Waals surface area contributed by atoms with Gasteiger partial charge in [0.1, 0.15) is 17.1 Å². The third-order valence-corrected chi connectivity index (χ3v) is 5.17. The molecule has 0 aliphatic heterocycles. The van der Waals surface area contributed by atoms with Gasteiger partial charge >= 0.3 is 0 Å². The fourth-order valence-electron chi connectivity index (χ4n) is 3.42. The number of hydrogen-bond acceptors (Lipinski definition) is 4. The molecule has 4 aromatic rings. The van der Waals surface area contributed by atoms with Crippen LogP contribution in [0.4, 0.5) is 5.82 Å². The molecule has 0 fully saturated rings. The lowest BCUT2D eigenvalue weighted by atomic mass is 9.92. The number of benzene rings is 2. The molecule has 0 unspecified atom stereocenters. The summed E-state index contributed by atoms with van der Waals surface area (Å²) < 4.78 is 0. The van der Waals surface area contributed by atoms with Crippen LogP contribution in [0.5, 0.6) is 5.75 Å². The summed E-state index contributed by atoms with van der Waals surface area (Å²) in [5.74, 6) is 0.833. The van der Waals surface area contributed by atoms with E-state index in [0.717, 1.165) is 22.1 Å². The van der Waals surface area contributed by atoms with Gasteiger partial charge in [0, 0.05) is 23.3 Å². The third kappa shape index (κ3) is 3.39. The Bertz CT molecular complexity index is 1150. The molecule has 28 heavy (non-hydrogen) atoms. The second kappa shape index (κ2) is 7.49. The molecule has 0 spiro atoms. The zero-order valence-corrected chi connectivity index (χ0v) is 16.4. The van der Waals surface area contributed by atoms with Gasteiger partial charge in [0.25, 0.3) is 0 Å². The summed E-state index contributed by atoms with van der Waals surface area (Å²) in [5.41, 5.74) is 4.44. The van der Waals surface area contributed by atoms with Crippen molar-refractivity contribution in [3.63, 3.8) is 0 Å². The van der Waals surface area contributed by atoms with Crippen molar-refractivity contribution in [2.45, 2.75) is 19.9 Å². The summed E-state index contributed by atoms with van der Waals surface area (Å²) >= 11 is 6.55. The smallest absolute Gasteiger partial charge is 0.147 e. The number of anilines is 1. The zero-order valence-electron chi connectivity index (χ0n) is 15.6. The number of halogens is 1. The van der Waals surface area contributed by atoms with Crippen LogP contribution in [0.25, 0.3) is 10.9 Å². The number of pyridine rings is 2. The van der Waals surface area contributed by atoms with Gasteiger partial charge in [-0.3, -0.25) is 4.98 Å². The summed E-state index contributed by atoms with van der Waals surface area (Å²) in [6.45, 7) is 4.11. The molecule has 0 bridgehead atoms. The predicted molar refractivity (Wildman–Crippen MR) is 114 cm³/mol. The van der Waals surface area contributed by atoms with Crippen LogP contribution in [-0.4, -0.2) is 15.1 Å². The van der Waals surface area contributed by atoms with Crippen molar-refractivity contribution < 1.29 is 5.11 Å². The fourth-order valence-corrected chi connectivity index (χ4v) is 3.69. The summed E-state index contributed by atoms with van der Waals surface area (Å²) in [6.07, 6.45) is 3.39. The largest absolute Gasteiger partial charge is 0.505 e. The standard InChI is InChI=1S/C23H20ClN3O/c1-14-8-9-15(2)17(12-14)21(27-20-7-3-4-10-25-20)18-13-19(24)16-6-5-11-26-22(16)23(18)28/h3-13,21,28H,1-2H3,(H,25,27)/t21-/m1/s1. The first-order valence-corrected chi connectivity index (χ1v) is 9.43. The van der Waals surface area contributed by atoms with Crippen LogP contribution in [0.15, 0.2) is 67.0 Å². The van der Waals surface area contributed by atoms with E-state index in [1.807, 2.05) is 36.4 Å². The number of phenols is 1. The van der Waals surface area contributed by atoms with E-state index in [1.165, 1.54) is 0 Å². The molecular weight excluding hydrogens is 370 g/mol. The van der Waals surface area contributed by atoms with Crippen molar-refractivity contribution >= 4 is 28.3 Å². The number of aromatic nitrogens is 2. The minimum absolute atomic E-state index is 0.120. The summed E-state index contributed by atoms with van der Waals surface area (Å²) in [4.78, 5) is 8.74. The normalized spacial score (nSPS) is 12.1. The fraction of sp³-hybridized carbons (Fsp3) is 0.130. The Balaban J connectivity index is 1.94. The van der Waals surface area contributed by atoms with Crippen LogP contribution in [0.1, 0.15) is 28.3 Å². The van der Waals surface area contributed by atoms with E-state index in [4.69, 9.17) is 11.6 Å².